The predicted molar refractivity (Wildman–Crippen MR) is 93.0 cm³/mol. The van der Waals surface area contributed by atoms with Gasteiger partial charge in [-0.2, -0.15) is 0 Å². The van der Waals surface area contributed by atoms with Gasteiger partial charge < -0.3 is 14.5 Å². The summed E-state index contributed by atoms with van der Waals surface area (Å²) in [5.41, 5.74) is 0.289. The zero-order valence-electron chi connectivity index (χ0n) is 14.2. The molecule has 1 unspecified atom stereocenters. The van der Waals surface area contributed by atoms with Gasteiger partial charge in [0.25, 0.3) is 0 Å². The van der Waals surface area contributed by atoms with Gasteiger partial charge in [-0.25, -0.2) is 9.78 Å². The lowest BCUT2D eigenvalue weighted by molar-refractivity contribution is 0.0419. The van der Waals surface area contributed by atoms with Crippen molar-refractivity contribution in [3.05, 3.63) is 16.6 Å². The van der Waals surface area contributed by atoms with Gasteiger partial charge in [0.05, 0.1) is 19.8 Å². The van der Waals surface area contributed by atoms with E-state index in [1.165, 1.54) is 17.8 Å². The monoisotopic (exact) mass is 350 g/mol. The molecule has 4 heterocycles. The van der Waals surface area contributed by atoms with Crippen LogP contribution in [0, 0.1) is 5.41 Å². The molecule has 7 heteroatoms. The molecule has 3 aliphatic heterocycles. The zero-order valence-corrected chi connectivity index (χ0v) is 15.0. The molecule has 1 atom stereocenters. The third-order valence-electron chi connectivity index (χ3n) is 5.57. The van der Waals surface area contributed by atoms with Gasteiger partial charge in [-0.1, -0.05) is 0 Å². The van der Waals surface area contributed by atoms with E-state index in [2.05, 4.69) is 14.8 Å². The van der Waals surface area contributed by atoms with Crippen LogP contribution in [-0.2, 0) is 11.3 Å². The Morgan fingerprint density at radius 2 is 2.04 bits per heavy atom. The van der Waals surface area contributed by atoms with E-state index in [-0.39, 0.29) is 11.4 Å². The Hall–Kier alpha value is -1.18. The van der Waals surface area contributed by atoms with Crippen molar-refractivity contribution in [1.82, 2.24) is 19.7 Å². The number of thiazole rings is 1. The fourth-order valence-corrected chi connectivity index (χ4v) is 5.01. The molecule has 0 radical (unpaired) electrons. The Kier molecular flexibility index (Phi) is 4.74. The van der Waals surface area contributed by atoms with Crippen LogP contribution in [0.4, 0.5) is 4.79 Å². The maximum atomic E-state index is 12.7. The molecule has 1 aromatic heterocycles. The third-order valence-corrected chi connectivity index (χ3v) is 6.34. The average Bonchev–Trinajstić information content (AvgIpc) is 3.26. The number of morpholine rings is 1. The molecule has 4 rings (SSSR count). The summed E-state index contributed by atoms with van der Waals surface area (Å²) >= 11 is 1.74. The van der Waals surface area contributed by atoms with E-state index in [0.29, 0.717) is 13.2 Å². The molecule has 1 spiro atoms. The lowest BCUT2D eigenvalue weighted by atomic mass is 9.79. The second kappa shape index (κ2) is 6.98. The van der Waals surface area contributed by atoms with E-state index >= 15 is 0 Å². The van der Waals surface area contributed by atoms with E-state index in [1.807, 2.05) is 16.5 Å². The number of aromatic nitrogens is 1. The summed E-state index contributed by atoms with van der Waals surface area (Å²) in [7, 11) is 0. The van der Waals surface area contributed by atoms with Crippen LogP contribution in [0.1, 0.15) is 24.3 Å². The van der Waals surface area contributed by atoms with Gasteiger partial charge in [0.1, 0.15) is 5.01 Å². The number of likely N-dealkylation sites (tertiary alicyclic amines) is 2. The Balaban J connectivity index is 1.36. The molecule has 0 aliphatic carbocycles. The summed E-state index contributed by atoms with van der Waals surface area (Å²) in [5.74, 6) is 0. The number of urea groups is 1. The highest BCUT2D eigenvalue weighted by Gasteiger charge is 2.43. The topological polar surface area (TPSA) is 48.9 Å². The van der Waals surface area contributed by atoms with Crippen LogP contribution in [0.25, 0.3) is 0 Å². The van der Waals surface area contributed by atoms with Crippen molar-refractivity contribution in [1.29, 1.82) is 0 Å². The van der Waals surface area contributed by atoms with Crippen LogP contribution in [0.15, 0.2) is 11.6 Å². The highest BCUT2D eigenvalue weighted by molar-refractivity contribution is 7.09. The van der Waals surface area contributed by atoms with E-state index in [9.17, 15) is 4.79 Å². The minimum absolute atomic E-state index is 0.215. The number of hydrogen-bond donors (Lipinski definition) is 0. The van der Waals surface area contributed by atoms with E-state index in [0.717, 1.165) is 52.2 Å². The van der Waals surface area contributed by atoms with Gasteiger partial charge in [0.15, 0.2) is 0 Å². The summed E-state index contributed by atoms with van der Waals surface area (Å²) < 4.78 is 5.36. The van der Waals surface area contributed by atoms with Crippen LogP contribution in [0.3, 0.4) is 0 Å². The lowest BCUT2D eigenvalue weighted by Crippen LogP contribution is -2.49. The molecule has 2 amide bonds. The number of carbonyl (C=O) groups is 1. The van der Waals surface area contributed by atoms with Crippen molar-refractivity contribution in [3.8, 4) is 0 Å². The number of rotatable bonds is 2. The van der Waals surface area contributed by atoms with Crippen molar-refractivity contribution in [3.63, 3.8) is 0 Å². The number of carbonyl (C=O) groups excluding carboxylic acids is 1. The number of ether oxygens (including phenoxy) is 1. The molecule has 3 fully saturated rings. The van der Waals surface area contributed by atoms with Gasteiger partial charge in [0, 0.05) is 49.7 Å². The van der Waals surface area contributed by atoms with E-state index in [4.69, 9.17) is 4.74 Å². The van der Waals surface area contributed by atoms with Gasteiger partial charge in [-0.3, -0.25) is 4.90 Å². The Morgan fingerprint density at radius 1 is 1.17 bits per heavy atom. The first-order valence-corrected chi connectivity index (χ1v) is 9.84. The highest BCUT2D eigenvalue weighted by atomic mass is 32.1. The molecule has 1 aromatic rings. The van der Waals surface area contributed by atoms with Crippen LogP contribution in [-0.4, -0.2) is 78.2 Å². The van der Waals surface area contributed by atoms with Gasteiger partial charge in [0.2, 0.25) is 0 Å². The van der Waals surface area contributed by atoms with Crippen molar-refractivity contribution in [2.45, 2.75) is 25.8 Å². The van der Waals surface area contributed by atoms with Crippen LogP contribution < -0.4 is 0 Å². The first kappa shape index (κ1) is 16.3. The molecule has 0 saturated carbocycles. The zero-order chi connectivity index (χ0) is 16.4. The number of nitrogens with zero attached hydrogens (tertiary/aromatic N) is 4. The molecule has 3 aliphatic rings. The summed E-state index contributed by atoms with van der Waals surface area (Å²) in [4.78, 5) is 23.7. The minimum Gasteiger partial charge on any atom is -0.378 e. The minimum atomic E-state index is 0.215. The SMILES string of the molecule is O=C(N1CCOCC1)N1CCC2(CCCN(Cc3nccs3)C2)C1. The van der Waals surface area contributed by atoms with E-state index in [1.54, 1.807) is 11.3 Å². The van der Waals surface area contributed by atoms with Gasteiger partial charge in [-0.05, 0) is 25.8 Å². The molecule has 0 bridgehead atoms. The summed E-state index contributed by atoms with van der Waals surface area (Å²) in [6.45, 7) is 7.84. The predicted octanol–water partition coefficient (Wildman–Crippen LogP) is 1.88. The highest BCUT2D eigenvalue weighted by Crippen LogP contribution is 2.39. The number of hydrogen-bond acceptors (Lipinski definition) is 5. The third kappa shape index (κ3) is 3.43. The first-order chi connectivity index (χ1) is 11.7. The summed E-state index contributed by atoms with van der Waals surface area (Å²) in [5, 5.41) is 3.25. The Morgan fingerprint density at radius 3 is 2.83 bits per heavy atom. The molecule has 24 heavy (non-hydrogen) atoms. The van der Waals surface area contributed by atoms with Gasteiger partial charge in [-0.15, -0.1) is 11.3 Å². The fourth-order valence-electron chi connectivity index (χ4n) is 4.35. The van der Waals surface area contributed by atoms with Crippen LogP contribution in [0.5, 0.6) is 0 Å². The van der Waals surface area contributed by atoms with Crippen molar-refractivity contribution in [2.75, 3.05) is 52.5 Å². The van der Waals surface area contributed by atoms with Crippen molar-refractivity contribution >= 4 is 17.4 Å². The first-order valence-electron chi connectivity index (χ1n) is 8.97. The molecule has 0 aromatic carbocycles. The lowest BCUT2D eigenvalue weighted by Gasteiger charge is -2.40. The summed E-state index contributed by atoms with van der Waals surface area (Å²) in [6.07, 6.45) is 5.49. The Labute approximate surface area is 147 Å². The quantitative estimate of drug-likeness (QED) is 0.817. The van der Waals surface area contributed by atoms with E-state index < -0.39 is 0 Å². The van der Waals surface area contributed by atoms with Gasteiger partial charge >= 0.3 is 6.03 Å². The second-order valence-electron chi connectivity index (χ2n) is 7.29. The molecular weight excluding hydrogens is 324 g/mol. The fraction of sp³-hybridized carbons (Fsp3) is 0.765. The molecular formula is C17H26N4O2S. The molecule has 6 nitrogen and oxygen atoms in total. The number of piperidine rings is 1. The molecule has 132 valence electrons. The van der Waals surface area contributed by atoms with Crippen LogP contribution in [0.2, 0.25) is 0 Å². The van der Waals surface area contributed by atoms with Crippen LogP contribution >= 0.6 is 11.3 Å². The maximum Gasteiger partial charge on any atom is 0.320 e. The Bertz CT molecular complexity index is 561. The summed E-state index contributed by atoms with van der Waals surface area (Å²) in [6, 6.07) is 0.215. The standard InChI is InChI=1S/C17H26N4O2S/c22-16(20-7-9-23-10-8-20)21-6-3-17(14-21)2-1-5-19(13-17)12-15-18-4-11-24-15/h4,11H,1-3,5-10,12-14H2. The molecule has 0 N–H and O–H groups in total. The van der Waals surface area contributed by atoms with Crippen molar-refractivity contribution < 1.29 is 9.53 Å². The normalized spacial score (nSPS) is 28.7. The van der Waals surface area contributed by atoms with Crippen molar-refractivity contribution in [2.24, 2.45) is 5.41 Å². The maximum absolute atomic E-state index is 12.7. The second-order valence-corrected chi connectivity index (χ2v) is 8.27. The number of amides is 2. The smallest absolute Gasteiger partial charge is 0.320 e. The average molecular weight is 350 g/mol. The largest absolute Gasteiger partial charge is 0.378 e. The molecule has 3 saturated heterocycles.